The molecule has 0 saturated carbocycles. The summed E-state index contributed by atoms with van der Waals surface area (Å²) in [7, 11) is 0. The van der Waals surface area contributed by atoms with E-state index in [0.29, 0.717) is 28.6 Å². The summed E-state index contributed by atoms with van der Waals surface area (Å²) < 4.78 is 27.9. The van der Waals surface area contributed by atoms with Gasteiger partial charge < -0.3 is 23.7 Å². The molecule has 0 amide bonds. The summed E-state index contributed by atoms with van der Waals surface area (Å²) >= 11 is 0. The first-order chi connectivity index (χ1) is 21.7. The third-order valence-electron chi connectivity index (χ3n) is 6.61. The molecule has 0 aliphatic carbocycles. The second-order valence-electron chi connectivity index (χ2n) is 10.7. The van der Waals surface area contributed by atoms with E-state index >= 15 is 0 Å². The Morgan fingerprint density at radius 3 is 1.28 bits per heavy atom. The summed E-state index contributed by atoms with van der Waals surface area (Å²) in [6, 6.07) is 20.6. The van der Waals surface area contributed by atoms with Gasteiger partial charge in [-0.2, -0.15) is 0 Å². The van der Waals surface area contributed by atoms with Crippen LogP contribution in [0.2, 0.25) is 0 Å². The molecule has 0 spiro atoms. The predicted octanol–water partition coefficient (Wildman–Crippen LogP) is 9.00. The molecule has 0 saturated heterocycles. The predicted molar refractivity (Wildman–Crippen MR) is 178 cm³/mol. The van der Waals surface area contributed by atoms with Crippen LogP contribution in [0.15, 0.2) is 126 Å². The largest absolute Gasteiger partial charge is 0.459 e. The van der Waals surface area contributed by atoms with Crippen LogP contribution in [0.3, 0.4) is 0 Å². The molecular formula is C38H38O8. The molecule has 0 fully saturated rings. The van der Waals surface area contributed by atoms with E-state index in [9.17, 15) is 14.4 Å². The van der Waals surface area contributed by atoms with E-state index in [1.54, 1.807) is 60.6 Å². The fraction of sp³-hybridized carbons (Fsp3) is 0.184. The minimum Gasteiger partial charge on any atom is -0.459 e. The van der Waals surface area contributed by atoms with Crippen molar-refractivity contribution in [3.05, 3.63) is 126 Å². The maximum absolute atomic E-state index is 12.4. The minimum absolute atomic E-state index is 0.178. The van der Waals surface area contributed by atoms with Crippen LogP contribution < -0.4 is 14.2 Å². The number of hydrogen-bond donors (Lipinski definition) is 0. The van der Waals surface area contributed by atoms with Crippen LogP contribution >= 0.6 is 0 Å². The molecule has 8 nitrogen and oxygen atoms in total. The molecule has 0 heterocycles. The molecule has 0 aromatic heterocycles. The molecule has 0 radical (unpaired) electrons. The first-order valence-corrected chi connectivity index (χ1v) is 14.3. The first kappa shape index (κ1) is 34.9. The van der Waals surface area contributed by atoms with Crippen molar-refractivity contribution >= 4 is 17.9 Å². The molecule has 0 aliphatic rings. The smallest absolute Gasteiger partial charge is 0.338 e. The summed E-state index contributed by atoms with van der Waals surface area (Å²) in [5.41, 5.74) is 4.38. The molecule has 0 aliphatic heterocycles. The minimum atomic E-state index is -0.606. The molecule has 238 valence electrons. The molecule has 8 heteroatoms. The van der Waals surface area contributed by atoms with Gasteiger partial charge in [-0.3, -0.25) is 0 Å². The van der Waals surface area contributed by atoms with Crippen LogP contribution in [0.5, 0.6) is 17.2 Å². The Labute approximate surface area is 269 Å². The Kier molecular flexibility index (Phi) is 11.7. The zero-order valence-corrected chi connectivity index (χ0v) is 27.2. The number of ether oxygens (including phenoxy) is 5. The number of esters is 3. The average molecular weight is 623 g/mol. The number of carbonyl (C=O) groups is 3. The molecular weight excluding hydrogens is 584 g/mol. The molecule has 3 rings (SSSR count). The van der Waals surface area contributed by atoms with Crippen LogP contribution in [-0.2, 0) is 23.9 Å². The molecule has 46 heavy (non-hydrogen) atoms. The van der Waals surface area contributed by atoms with E-state index in [0.717, 1.165) is 22.3 Å². The second kappa shape index (κ2) is 15.4. The quantitative estimate of drug-likeness (QED) is 0.0854. The maximum Gasteiger partial charge on any atom is 0.338 e. The van der Waals surface area contributed by atoms with Crippen molar-refractivity contribution in [2.24, 2.45) is 0 Å². The molecule has 3 aromatic rings. The number of rotatable bonds is 12. The van der Waals surface area contributed by atoms with Gasteiger partial charge in [-0.05, 0) is 95.0 Å². The Hall–Kier alpha value is -5.63. The highest BCUT2D eigenvalue weighted by molar-refractivity contribution is 5.90. The Morgan fingerprint density at radius 1 is 0.435 bits per heavy atom. The normalized spacial score (nSPS) is 11.7. The summed E-state index contributed by atoms with van der Waals surface area (Å²) in [6.07, 6.45) is 0. The lowest BCUT2D eigenvalue weighted by Gasteiger charge is -2.15. The number of benzene rings is 3. The number of allylic oxidation sites excluding steroid dienone is 4. The Bertz CT molecular complexity index is 1750. The van der Waals surface area contributed by atoms with Crippen LogP contribution in [0.1, 0.15) is 48.5 Å². The summed E-state index contributed by atoms with van der Waals surface area (Å²) in [5, 5.41) is 0. The molecule has 0 unspecified atom stereocenters. The monoisotopic (exact) mass is 622 g/mol. The van der Waals surface area contributed by atoms with Gasteiger partial charge in [0.15, 0.2) is 11.5 Å². The van der Waals surface area contributed by atoms with E-state index in [-0.39, 0.29) is 28.4 Å². The lowest BCUT2D eigenvalue weighted by Crippen LogP contribution is -2.10. The van der Waals surface area contributed by atoms with Gasteiger partial charge in [0.05, 0.1) is 0 Å². The topological polar surface area (TPSA) is 97.4 Å². The highest BCUT2D eigenvalue weighted by atomic mass is 16.6. The molecule has 0 N–H and O–H groups in total. The highest BCUT2D eigenvalue weighted by Gasteiger charge is 2.16. The number of hydrogen-bond acceptors (Lipinski definition) is 8. The van der Waals surface area contributed by atoms with Crippen LogP contribution in [0.4, 0.5) is 0 Å². The number of carbonyl (C=O) groups excluding carboxylic acids is 3. The van der Waals surface area contributed by atoms with Crippen molar-refractivity contribution in [3.63, 3.8) is 0 Å². The second-order valence-corrected chi connectivity index (χ2v) is 10.7. The fourth-order valence-corrected chi connectivity index (χ4v) is 3.69. The van der Waals surface area contributed by atoms with Gasteiger partial charge in [-0.15, -0.1) is 0 Å². The summed E-state index contributed by atoms with van der Waals surface area (Å²) in [5.74, 6) is 0.722. The van der Waals surface area contributed by atoms with Crippen molar-refractivity contribution in [1.82, 2.24) is 0 Å². The lowest BCUT2D eigenvalue weighted by molar-refractivity contribution is -0.136. The van der Waals surface area contributed by atoms with Gasteiger partial charge >= 0.3 is 17.9 Å². The van der Waals surface area contributed by atoms with Gasteiger partial charge in [-0.1, -0.05) is 62.2 Å². The fourth-order valence-electron chi connectivity index (χ4n) is 3.69. The van der Waals surface area contributed by atoms with Crippen LogP contribution in [0, 0.1) is 0 Å². The zero-order valence-electron chi connectivity index (χ0n) is 27.2. The van der Waals surface area contributed by atoms with E-state index in [2.05, 4.69) is 19.7 Å². The van der Waals surface area contributed by atoms with Gasteiger partial charge in [-0.25, -0.2) is 14.4 Å². The van der Waals surface area contributed by atoms with Gasteiger partial charge in [0.25, 0.3) is 0 Å². The Balaban J connectivity index is 1.82. The van der Waals surface area contributed by atoms with Gasteiger partial charge in [0.1, 0.15) is 28.8 Å². The van der Waals surface area contributed by atoms with Crippen molar-refractivity contribution < 1.29 is 38.1 Å². The van der Waals surface area contributed by atoms with Crippen molar-refractivity contribution in [2.45, 2.75) is 48.5 Å². The molecule has 0 atom stereocenters. The van der Waals surface area contributed by atoms with Crippen LogP contribution in [-0.4, -0.2) is 17.9 Å². The highest BCUT2D eigenvalue weighted by Crippen LogP contribution is 2.36. The van der Waals surface area contributed by atoms with Crippen molar-refractivity contribution in [2.75, 3.05) is 0 Å². The van der Waals surface area contributed by atoms with Gasteiger partial charge in [0, 0.05) is 16.7 Å². The standard InChI is InChI=1S/C38H38O8/c1-22(2)36(39)44-27(9)25(7)42-33-18-15-30(16-19-33)29-11-13-31(14-12-29)32-17-20-34(35(21-32)46-38(41)24(5)6)43-26(8)28(10)45-37(40)23(3)4/h11-21H,1,3,5H2,2,4,6-10H3. The Morgan fingerprint density at radius 2 is 0.826 bits per heavy atom. The lowest BCUT2D eigenvalue weighted by atomic mass is 10.00. The van der Waals surface area contributed by atoms with E-state index in [1.807, 2.05) is 54.6 Å². The summed E-state index contributed by atoms with van der Waals surface area (Å²) in [4.78, 5) is 36.1. The first-order valence-electron chi connectivity index (χ1n) is 14.3. The zero-order chi connectivity index (χ0) is 34.1. The third kappa shape index (κ3) is 9.43. The van der Waals surface area contributed by atoms with Crippen molar-refractivity contribution in [3.8, 4) is 39.5 Å². The average Bonchev–Trinajstić information content (AvgIpc) is 3.01. The third-order valence-corrected chi connectivity index (χ3v) is 6.61. The van der Waals surface area contributed by atoms with Crippen molar-refractivity contribution in [1.29, 1.82) is 0 Å². The van der Waals surface area contributed by atoms with E-state index in [1.165, 1.54) is 0 Å². The SMILES string of the molecule is C=C(C)C(=O)OC(C)=C(C)Oc1ccc(-c2ccc(-c3ccc(OC(C)=C(C)OC(=O)C(=C)C)c(OC(=O)C(=C)C)c3)cc2)cc1. The van der Waals surface area contributed by atoms with Crippen LogP contribution in [0.25, 0.3) is 22.3 Å². The molecule has 0 bridgehead atoms. The van der Waals surface area contributed by atoms with E-state index < -0.39 is 17.9 Å². The van der Waals surface area contributed by atoms with Gasteiger partial charge in [0.2, 0.25) is 0 Å². The molecule has 3 aromatic carbocycles. The maximum atomic E-state index is 12.4. The van der Waals surface area contributed by atoms with E-state index in [4.69, 9.17) is 23.7 Å². The summed E-state index contributed by atoms with van der Waals surface area (Å²) in [6.45, 7) is 22.1.